The molecule has 0 spiro atoms. The van der Waals surface area contributed by atoms with E-state index in [0.29, 0.717) is 23.7 Å². The number of rotatable bonds is 5. The predicted molar refractivity (Wildman–Crippen MR) is 105 cm³/mol. The number of hydrogen-bond donors (Lipinski definition) is 1. The molecular formula is C22H18FN3O2. The summed E-state index contributed by atoms with van der Waals surface area (Å²) in [6, 6.07) is 20.8. The van der Waals surface area contributed by atoms with E-state index in [1.807, 2.05) is 48.5 Å². The first-order valence-electron chi connectivity index (χ1n) is 8.82. The molecule has 4 aromatic rings. The number of carbonyl (C=O) groups excluding carboxylic acids is 1. The number of hydrogen-bond acceptors (Lipinski definition) is 3. The first-order chi connectivity index (χ1) is 13.6. The summed E-state index contributed by atoms with van der Waals surface area (Å²) in [5.41, 5.74) is 2.26. The zero-order chi connectivity index (χ0) is 19.5. The van der Waals surface area contributed by atoms with E-state index in [4.69, 9.17) is 4.74 Å². The molecule has 0 atom stereocenters. The standard InChI is InChI=1S/C22H18FN3O2/c1-26-21(19-4-2-3-5-20(19)25-26)22(27)24-14-15-6-10-17(11-7-15)28-18-12-8-16(23)9-13-18/h2-13H,14H2,1H3,(H,24,27). The van der Waals surface area contributed by atoms with E-state index < -0.39 is 0 Å². The smallest absolute Gasteiger partial charge is 0.270 e. The van der Waals surface area contributed by atoms with Crippen molar-refractivity contribution in [1.29, 1.82) is 0 Å². The topological polar surface area (TPSA) is 56.2 Å². The lowest BCUT2D eigenvalue weighted by atomic mass is 10.2. The summed E-state index contributed by atoms with van der Waals surface area (Å²) >= 11 is 0. The van der Waals surface area contributed by atoms with E-state index in [9.17, 15) is 9.18 Å². The molecule has 1 aromatic heterocycles. The second-order valence-electron chi connectivity index (χ2n) is 6.37. The van der Waals surface area contributed by atoms with Crippen molar-refractivity contribution in [1.82, 2.24) is 15.1 Å². The molecule has 1 heterocycles. The maximum atomic E-state index is 12.9. The molecule has 0 radical (unpaired) electrons. The molecule has 4 rings (SSSR count). The van der Waals surface area contributed by atoms with Gasteiger partial charge < -0.3 is 10.1 Å². The van der Waals surface area contributed by atoms with Crippen LogP contribution < -0.4 is 10.1 Å². The van der Waals surface area contributed by atoms with E-state index >= 15 is 0 Å². The number of nitrogens with zero attached hydrogens (tertiary/aromatic N) is 2. The highest BCUT2D eigenvalue weighted by atomic mass is 19.1. The number of ether oxygens (including phenoxy) is 1. The Morgan fingerprint density at radius 1 is 1.00 bits per heavy atom. The van der Waals surface area contributed by atoms with Crippen LogP contribution in [0.2, 0.25) is 0 Å². The van der Waals surface area contributed by atoms with E-state index in [1.54, 1.807) is 23.9 Å². The number of aromatic nitrogens is 2. The number of nitrogens with one attached hydrogen (secondary N) is 1. The Labute approximate surface area is 161 Å². The van der Waals surface area contributed by atoms with Gasteiger partial charge in [0.25, 0.3) is 5.91 Å². The number of benzene rings is 3. The number of carbonyl (C=O) groups is 1. The van der Waals surface area contributed by atoms with Crippen molar-refractivity contribution in [3.05, 3.63) is 89.9 Å². The summed E-state index contributed by atoms with van der Waals surface area (Å²) in [6.45, 7) is 0.384. The first-order valence-corrected chi connectivity index (χ1v) is 8.82. The van der Waals surface area contributed by atoms with Gasteiger partial charge in [-0.1, -0.05) is 30.3 Å². The average molecular weight is 375 g/mol. The lowest BCUT2D eigenvalue weighted by Gasteiger charge is -2.08. The van der Waals surface area contributed by atoms with Crippen molar-refractivity contribution in [2.45, 2.75) is 6.54 Å². The van der Waals surface area contributed by atoms with Gasteiger partial charge in [0.15, 0.2) is 0 Å². The monoisotopic (exact) mass is 375 g/mol. The average Bonchev–Trinajstić information content (AvgIpc) is 3.05. The van der Waals surface area contributed by atoms with Crippen LogP contribution in [0, 0.1) is 5.82 Å². The van der Waals surface area contributed by atoms with Crippen molar-refractivity contribution in [3.8, 4) is 11.5 Å². The predicted octanol–water partition coefficient (Wildman–Crippen LogP) is 4.43. The van der Waals surface area contributed by atoms with Crippen LogP contribution in [-0.2, 0) is 13.6 Å². The minimum atomic E-state index is -0.306. The van der Waals surface area contributed by atoms with Crippen LogP contribution in [0.1, 0.15) is 16.1 Å². The number of halogens is 1. The molecule has 0 aliphatic heterocycles. The van der Waals surface area contributed by atoms with Gasteiger partial charge in [0.2, 0.25) is 0 Å². The first kappa shape index (κ1) is 17.7. The zero-order valence-electron chi connectivity index (χ0n) is 15.2. The van der Waals surface area contributed by atoms with Crippen molar-refractivity contribution in [2.24, 2.45) is 7.05 Å². The molecule has 1 N–H and O–H groups in total. The van der Waals surface area contributed by atoms with E-state index in [2.05, 4.69) is 10.4 Å². The molecule has 0 saturated heterocycles. The highest BCUT2D eigenvalue weighted by Gasteiger charge is 2.15. The Balaban J connectivity index is 1.41. The molecule has 1 amide bonds. The summed E-state index contributed by atoms with van der Waals surface area (Å²) in [5.74, 6) is 0.715. The fourth-order valence-electron chi connectivity index (χ4n) is 3.00. The second-order valence-corrected chi connectivity index (χ2v) is 6.37. The minimum absolute atomic E-state index is 0.178. The van der Waals surface area contributed by atoms with E-state index in [0.717, 1.165) is 16.5 Å². The van der Waals surface area contributed by atoms with Crippen LogP contribution in [0.3, 0.4) is 0 Å². The Morgan fingerprint density at radius 3 is 2.36 bits per heavy atom. The molecule has 0 aliphatic rings. The molecule has 3 aromatic carbocycles. The Kier molecular flexibility index (Phi) is 4.76. The SMILES string of the molecule is Cn1nc2ccccc2c1C(=O)NCc1ccc(Oc2ccc(F)cc2)cc1. The van der Waals surface area contributed by atoms with Gasteiger partial charge in [-0.3, -0.25) is 9.48 Å². The lowest BCUT2D eigenvalue weighted by molar-refractivity contribution is 0.0943. The molecule has 0 saturated carbocycles. The molecule has 140 valence electrons. The third-order valence-corrected chi connectivity index (χ3v) is 4.38. The molecule has 6 heteroatoms. The van der Waals surface area contributed by atoms with Crippen LogP contribution in [0.25, 0.3) is 10.9 Å². The van der Waals surface area contributed by atoms with Gasteiger partial charge in [0.05, 0.1) is 5.52 Å². The van der Waals surface area contributed by atoms with Gasteiger partial charge in [0.1, 0.15) is 23.0 Å². The minimum Gasteiger partial charge on any atom is -0.457 e. The Morgan fingerprint density at radius 2 is 1.64 bits per heavy atom. The summed E-state index contributed by atoms with van der Waals surface area (Å²) in [4.78, 5) is 12.6. The maximum absolute atomic E-state index is 12.9. The molecule has 0 unspecified atom stereocenters. The van der Waals surface area contributed by atoms with Gasteiger partial charge in [-0.05, 0) is 48.0 Å². The van der Waals surface area contributed by atoms with Crippen molar-refractivity contribution in [2.75, 3.05) is 0 Å². The molecule has 28 heavy (non-hydrogen) atoms. The summed E-state index contributed by atoms with van der Waals surface area (Å²) < 4.78 is 20.2. The zero-order valence-corrected chi connectivity index (χ0v) is 15.2. The number of fused-ring (bicyclic) bond motifs is 1. The molecular weight excluding hydrogens is 357 g/mol. The van der Waals surface area contributed by atoms with E-state index in [-0.39, 0.29) is 11.7 Å². The molecule has 0 fully saturated rings. The van der Waals surface area contributed by atoms with Crippen LogP contribution >= 0.6 is 0 Å². The van der Waals surface area contributed by atoms with Crippen LogP contribution in [0.5, 0.6) is 11.5 Å². The van der Waals surface area contributed by atoms with Gasteiger partial charge in [0, 0.05) is 19.0 Å². The molecule has 0 bridgehead atoms. The lowest BCUT2D eigenvalue weighted by Crippen LogP contribution is -2.25. The van der Waals surface area contributed by atoms with Gasteiger partial charge in [-0.15, -0.1) is 0 Å². The highest BCUT2D eigenvalue weighted by molar-refractivity contribution is 6.04. The molecule has 0 aliphatic carbocycles. The third-order valence-electron chi connectivity index (χ3n) is 4.38. The normalized spacial score (nSPS) is 10.8. The van der Waals surface area contributed by atoms with Crippen molar-refractivity contribution in [3.63, 3.8) is 0 Å². The largest absolute Gasteiger partial charge is 0.457 e. The molecule has 5 nitrogen and oxygen atoms in total. The summed E-state index contributed by atoms with van der Waals surface area (Å²) in [5, 5.41) is 8.11. The van der Waals surface area contributed by atoms with Crippen molar-refractivity contribution < 1.29 is 13.9 Å². The van der Waals surface area contributed by atoms with Crippen LogP contribution in [0.4, 0.5) is 4.39 Å². The second kappa shape index (κ2) is 7.52. The van der Waals surface area contributed by atoms with Crippen LogP contribution in [-0.4, -0.2) is 15.7 Å². The van der Waals surface area contributed by atoms with Crippen molar-refractivity contribution >= 4 is 16.8 Å². The van der Waals surface area contributed by atoms with Crippen LogP contribution in [0.15, 0.2) is 72.8 Å². The number of amides is 1. The van der Waals surface area contributed by atoms with Gasteiger partial charge in [-0.25, -0.2) is 4.39 Å². The van der Waals surface area contributed by atoms with Gasteiger partial charge >= 0.3 is 0 Å². The third kappa shape index (κ3) is 3.71. The maximum Gasteiger partial charge on any atom is 0.270 e. The fraction of sp³-hybridized carbons (Fsp3) is 0.0909. The van der Waals surface area contributed by atoms with E-state index in [1.165, 1.54) is 12.1 Å². The number of aryl methyl sites for hydroxylation is 1. The quantitative estimate of drug-likeness (QED) is 0.561. The Hall–Kier alpha value is -3.67. The Bertz CT molecular complexity index is 1120. The highest BCUT2D eigenvalue weighted by Crippen LogP contribution is 2.22. The van der Waals surface area contributed by atoms with Gasteiger partial charge in [-0.2, -0.15) is 5.10 Å². The summed E-state index contributed by atoms with van der Waals surface area (Å²) in [6.07, 6.45) is 0. The summed E-state index contributed by atoms with van der Waals surface area (Å²) in [7, 11) is 1.76. The fourth-order valence-corrected chi connectivity index (χ4v) is 3.00.